The quantitative estimate of drug-likeness (QED) is 0.741. The molecule has 0 aromatic heterocycles. The van der Waals surface area contributed by atoms with Crippen molar-refractivity contribution in [3.05, 3.63) is 23.8 Å². The Morgan fingerprint density at radius 3 is 2.75 bits per heavy atom. The number of carboxylic acids is 1. The van der Waals surface area contributed by atoms with Gasteiger partial charge in [0.2, 0.25) is 0 Å². The van der Waals surface area contributed by atoms with E-state index in [1.165, 1.54) is 0 Å². The maximum absolute atomic E-state index is 11.6. The molecule has 1 aliphatic heterocycles. The van der Waals surface area contributed by atoms with Crippen molar-refractivity contribution >= 4 is 5.97 Å². The fourth-order valence-electron chi connectivity index (χ4n) is 2.46. The van der Waals surface area contributed by atoms with Crippen LogP contribution in [0.2, 0.25) is 0 Å². The van der Waals surface area contributed by atoms with Crippen LogP contribution in [0.25, 0.3) is 0 Å². The molecular weight excluding hydrogens is 260 g/mol. The number of phenols is 1. The monoisotopic (exact) mass is 280 g/mol. The van der Waals surface area contributed by atoms with Crippen molar-refractivity contribution in [3.8, 4) is 11.5 Å². The van der Waals surface area contributed by atoms with Gasteiger partial charge >= 0.3 is 5.97 Å². The molecule has 1 aromatic carbocycles. The molecule has 0 spiro atoms. The number of aliphatic carboxylic acids is 1. The van der Waals surface area contributed by atoms with Crippen molar-refractivity contribution in [2.75, 3.05) is 32.8 Å². The third kappa shape index (κ3) is 3.02. The van der Waals surface area contributed by atoms with Crippen LogP contribution in [0.5, 0.6) is 11.5 Å². The Morgan fingerprint density at radius 2 is 2.15 bits per heavy atom. The summed E-state index contributed by atoms with van der Waals surface area (Å²) in [7, 11) is 0. The van der Waals surface area contributed by atoms with Gasteiger partial charge in [-0.2, -0.15) is 0 Å². The average Bonchev–Trinajstić information content (AvgIpc) is 2.44. The summed E-state index contributed by atoms with van der Waals surface area (Å²) >= 11 is 0. The largest absolute Gasteiger partial charge is 0.504 e. The van der Waals surface area contributed by atoms with Crippen molar-refractivity contribution in [2.45, 2.75) is 13.0 Å². The molecule has 1 saturated heterocycles. The number of rotatable bonds is 5. The summed E-state index contributed by atoms with van der Waals surface area (Å²) < 4.78 is 5.32. The van der Waals surface area contributed by atoms with Gasteiger partial charge in [0.05, 0.1) is 6.61 Å². The van der Waals surface area contributed by atoms with Crippen LogP contribution in [-0.2, 0) is 4.79 Å². The van der Waals surface area contributed by atoms with E-state index in [4.69, 9.17) is 4.74 Å². The van der Waals surface area contributed by atoms with Gasteiger partial charge < -0.3 is 20.3 Å². The number of phenolic OH excluding ortho intramolecular Hbond substituents is 1. The van der Waals surface area contributed by atoms with Crippen molar-refractivity contribution in [3.63, 3.8) is 0 Å². The van der Waals surface area contributed by atoms with Crippen LogP contribution < -0.4 is 10.1 Å². The van der Waals surface area contributed by atoms with Gasteiger partial charge in [0.25, 0.3) is 0 Å². The Kier molecular flexibility index (Phi) is 4.81. The van der Waals surface area contributed by atoms with Gasteiger partial charge in [-0.15, -0.1) is 0 Å². The van der Waals surface area contributed by atoms with Gasteiger partial charge in [0.1, 0.15) is 6.04 Å². The molecule has 1 unspecified atom stereocenters. The van der Waals surface area contributed by atoms with Crippen molar-refractivity contribution in [1.29, 1.82) is 0 Å². The van der Waals surface area contributed by atoms with Gasteiger partial charge in [-0.25, -0.2) is 0 Å². The van der Waals surface area contributed by atoms with Crippen LogP contribution in [0.4, 0.5) is 0 Å². The SMILES string of the molecule is CCOc1cccc(C(C(=O)O)N2CCNCC2)c1O. The van der Waals surface area contributed by atoms with Crippen molar-refractivity contribution in [1.82, 2.24) is 10.2 Å². The maximum Gasteiger partial charge on any atom is 0.325 e. The predicted octanol–water partition coefficient (Wildman–Crippen LogP) is 0.822. The third-order valence-corrected chi connectivity index (χ3v) is 3.38. The smallest absolute Gasteiger partial charge is 0.325 e. The number of carbonyl (C=O) groups is 1. The van der Waals surface area contributed by atoms with E-state index in [2.05, 4.69) is 5.32 Å². The second-order valence-electron chi connectivity index (χ2n) is 4.65. The topological polar surface area (TPSA) is 82.0 Å². The van der Waals surface area contributed by atoms with E-state index in [9.17, 15) is 15.0 Å². The second-order valence-corrected chi connectivity index (χ2v) is 4.65. The molecule has 0 amide bonds. The summed E-state index contributed by atoms with van der Waals surface area (Å²) in [5, 5.41) is 22.9. The minimum absolute atomic E-state index is 0.0831. The van der Waals surface area contributed by atoms with Gasteiger partial charge in [0.15, 0.2) is 11.5 Å². The van der Waals surface area contributed by atoms with E-state index in [1.807, 2.05) is 11.8 Å². The molecule has 1 heterocycles. The molecule has 6 nitrogen and oxygen atoms in total. The van der Waals surface area contributed by atoms with E-state index in [1.54, 1.807) is 18.2 Å². The zero-order valence-electron chi connectivity index (χ0n) is 11.5. The molecule has 2 rings (SSSR count). The Bertz CT molecular complexity index is 472. The lowest BCUT2D eigenvalue weighted by Crippen LogP contribution is -2.47. The molecule has 1 atom stereocenters. The lowest BCUT2D eigenvalue weighted by molar-refractivity contribution is -0.144. The van der Waals surface area contributed by atoms with Crippen LogP contribution in [0.15, 0.2) is 18.2 Å². The van der Waals surface area contributed by atoms with E-state index in [0.29, 0.717) is 31.0 Å². The fourth-order valence-corrected chi connectivity index (χ4v) is 2.46. The maximum atomic E-state index is 11.6. The summed E-state index contributed by atoms with van der Waals surface area (Å²) in [6, 6.07) is 4.13. The lowest BCUT2D eigenvalue weighted by Gasteiger charge is -2.33. The predicted molar refractivity (Wildman–Crippen MR) is 74.1 cm³/mol. The number of carboxylic acid groups (broad SMARTS) is 1. The normalized spacial score (nSPS) is 17.6. The first-order valence-electron chi connectivity index (χ1n) is 6.77. The molecule has 20 heavy (non-hydrogen) atoms. The average molecular weight is 280 g/mol. The highest BCUT2D eigenvalue weighted by Gasteiger charge is 2.31. The van der Waals surface area contributed by atoms with E-state index >= 15 is 0 Å². The molecule has 1 aromatic rings. The van der Waals surface area contributed by atoms with E-state index < -0.39 is 12.0 Å². The third-order valence-electron chi connectivity index (χ3n) is 3.38. The minimum atomic E-state index is -0.962. The molecule has 0 saturated carbocycles. The highest BCUT2D eigenvalue weighted by Crippen LogP contribution is 2.36. The molecular formula is C14H20N2O4. The molecule has 0 bridgehead atoms. The Morgan fingerprint density at radius 1 is 1.45 bits per heavy atom. The fraction of sp³-hybridized carbons (Fsp3) is 0.500. The number of hydrogen-bond donors (Lipinski definition) is 3. The summed E-state index contributed by atoms with van der Waals surface area (Å²) in [6.45, 7) is 5.00. The molecule has 1 fully saturated rings. The van der Waals surface area contributed by atoms with Crippen molar-refractivity contribution in [2.24, 2.45) is 0 Å². The first-order valence-corrected chi connectivity index (χ1v) is 6.77. The zero-order chi connectivity index (χ0) is 14.5. The second kappa shape index (κ2) is 6.58. The Hall–Kier alpha value is -1.79. The lowest BCUT2D eigenvalue weighted by atomic mass is 10.0. The number of aromatic hydroxyl groups is 1. The summed E-state index contributed by atoms with van der Waals surface area (Å²) in [5.74, 6) is -0.720. The van der Waals surface area contributed by atoms with Gasteiger partial charge in [-0.05, 0) is 13.0 Å². The number of benzene rings is 1. The summed E-state index contributed by atoms with van der Waals surface area (Å²) in [5.41, 5.74) is 0.380. The van der Waals surface area contributed by atoms with Crippen molar-refractivity contribution < 1.29 is 19.7 Å². The standard InChI is InChI=1S/C14H20N2O4/c1-2-20-11-5-3-4-10(13(11)17)12(14(18)19)16-8-6-15-7-9-16/h3-5,12,15,17H,2,6-9H2,1H3,(H,18,19). The first kappa shape index (κ1) is 14.6. The van der Waals surface area contributed by atoms with Crippen LogP contribution in [-0.4, -0.2) is 53.9 Å². The van der Waals surface area contributed by atoms with Crippen LogP contribution in [0.1, 0.15) is 18.5 Å². The number of ether oxygens (including phenoxy) is 1. The first-order chi connectivity index (χ1) is 9.65. The summed E-state index contributed by atoms with van der Waals surface area (Å²) in [6.07, 6.45) is 0. The summed E-state index contributed by atoms with van der Waals surface area (Å²) in [4.78, 5) is 13.5. The molecule has 0 aliphatic carbocycles. The van der Waals surface area contributed by atoms with Gasteiger partial charge in [-0.3, -0.25) is 9.69 Å². The minimum Gasteiger partial charge on any atom is -0.504 e. The van der Waals surface area contributed by atoms with E-state index in [0.717, 1.165) is 13.1 Å². The highest BCUT2D eigenvalue weighted by molar-refractivity contribution is 5.77. The Labute approximate surface area is 118 Å². The molecule has 110 valence electrons. The number of nitrogens with zero attached hydrogens (tertiary/aromatic N) is 1. The highest BCUT2D eigenvalue weighted by atomic mass is 16.5. The number of piperazine rings is 1. The molecule has 6 heteroatoms. The molecule has 0 radical (unpaired) electrons. The van der Waals surface area contributed by atoms with Crippen LogP contribution >= 0.6 is 0 Å². The zero-order valence-corrected chi connectivity index (χ0v) is 11.5. The van der Waals surface area contributed by atoms with Crippen LogP contribution in [0.3, 0.4) is 0 Å². The number of nitrogens with one attached hydrogen (secondary N) is 1. The Balaban J connectivity index is 2.33. The van der Waals surface area contributed by atoms with Gasteiger partial charge in [0, 0.05) is 31.7 Å². The van der Waals surface area contributed by atoms with Gasteiger partial charge in [-0.1, -0.05) is 12.1 Å². The number of para-hydroxylation sites is 1. The van der Waals surface area contributed by atoms with Crippen LogP contribution in [0, 0.1) is 0 Å². The molecule has 1 aliphatic rings. The molecule has 3 N–H and O–H groups in total. The number of hydrogen-bond acceptors (Lipinski definition) is 5. The van der Waals surface area contributed by atoms with E-state index in [-0.39, 0.29) is 5.75 Å².